The summed E-state index contributed by atoms with van der Waals surface area (Å²) >= 11 is 0. The van der Waals surface area contributed by atoms with Gasteiger partial charge in [0.1, 0.15) is 0 Å². The van der Waals surface area contributed by atoms with Gasteiger partial charge in [0.2, 0.25) is 0 Å². The number of ketones is 1. The van der Waals surface area contributed by atoms with E-state index in [0.717, 1.165) is 24.9 Å². The lowest BCUT2D eigenvalue weighted by Crippen LogP contribution is -2.38. The second-order valence-electron chi connectivity index (χ2n) is 6.11. The molecular formula is C19H20N2O3. The van der Waals surface area contributed by atoms with Crippen molar-refractivity contribution >= 4 is 11.8 Å². The number of likely N-dealkylation sites (tertiary alicyclic amines) is 1. The Morgan fingerprint density at radius 2 is 1.96 bits per heavy atom. The Balaban J connectivity index is 1.70. The summed E-state index contributed by atoms with van der Waals surface area (Å²) in [6.45, 7) is 1.96. The highest BCUT2D eigenvalue weighted by Gasteiger charge is 2.27. The van der Waals surface area contributed by atoms with Crippen molar-refractivity contribution in [2.45, 2.75) is 19.4 Å². The van der Waals surface area contributed by atoms with Gasteiger partial charge in [0.25, 0.3) is 0 Å². The molecule has 1 aromatic carbocycles. The number of aromatic nitrogens is 1. The number of carboxylic acid groups (broad SMARTS) is 1. The fraction of sp³-hybridized carbons (Fsp3) is 0.316. The molecule has 0 amide bonds. The lowest BCUT2D eigenvalue weighted by Gasteiger charge is -2.32. The van der Waals surface area contributed by atoms with Crippen LogP contribution in [-0.4, -0.2) is 39.8 Å². The van der Waals surface area contributed by atoms with Gasteiger partial charge >= 0.3 is 5.97 Å². The van der Waals surface area contributed by atoms with Crippen LogP contribution in [0.15, 0.2) is 48.7 Å². The maximum atomic E-state index is 12.6. The number of rotatable bonds is 5. The molecule has 1 N–H and O–H groups in total. The maximum Gasteiger partial charge on any atom is 0.337 e. The summed E-state index contributed by atoms with van der Waals surface area (Å²) in [5, 5.41) is 9.27. The van der Waals surface area contributed by atoms with E-state index in [0.29, 0.717) is 18.8 Å². The van der Waals surface area contributed by atoms with Gasteiger partial charge in [-0.25, -0.2) is 4.79 Å². The van der Waals surface area contributed by atoms with E-state index in [2.05, 4.69) is 9.88 Å². The van der Waals surface area contributed by atoms with Gasteiger partial charge in [0.05, 0.1) is 11.3 Å². The number of carbonyl (C=O) groups excluding carboxylic acids is 1. The van der Waals surface area contributed by atoms with Crippen molar-refractivity contribution < 1.29 is 14.7 Å². The van der Waals surface area contributed by atoms with Crippen molar-refractivity contribution in [1.82, 2.24) is 9.88 Å². The lowest BCUT2D eigenvalue weighted by atomic mass is 9.90. The smallest absolute Gasteiger partial charge is 0.337 e. The number of pyridine rings is 1. The van der Waals surface area contributed by atoms with E-state index in [1.807, 2.05) is 30.3 Å². The van der Waals surface area contributed by atoms with Crippen molar-refractivity contribution in [3.8, 4) is 0 Å². The number of nitrogens with zero attached hydrogens (tertiary/aromatic N) is 2. The molecule has 124 valence electrons. The van der Waals surface area contributed by atoms with Gasteiger partial charge < -0.3 is 5.11 Å². The molecule has 1 aromatic heterocycles. The molecule has 1 aliphatic heterocycles. The zero-order chi connectivity index (χ0) is 16.9. The Morgan fingerprint density at radius 3 is 2.71 bits per heavy atom. The van der Waals surface area contributed by atoms with Crippen LogP contribution in [0.25, 0.3) is 0 Å². The fourth-order valence-corrected chi connectivity index (χ4v) is 3.22. The van der Waals surface area contributed by atoms with Crippen LogP contribution >= 0.6 is 0 Å². The van der Waals surface area contributed by atoms with Gasteiger partial charge in [-0.1, -0.05) is 30.3 Å². The zero-order valence-corrected chi connectivity index (χ0v) is 13.4. The monoisotopic (exact) mass is 324 g/mol. The van der Waals surface area contributed by atoms with Crippen LogP contribution in [0.3, 0.4) is 0 Å². The van der Waals surface area contributed by atoms with Gasteiger partial charge in [-0.05, 0) is 31.5 Å². The van der Waals surface area contributed by atoms with Gasteiger partial charge in [-0.2, -0.15) is 0 Å². The van der Waals surface area contributed by atoms with Crippen LogP contribution in [-0.2, 0) is 6.54 Å². The van der Waals surface area contributed by atoms with E-state index >= 15 is 0 Å². The highest BCUT2D eigenvalue weighted by Crippen LogP contribution is 2.22. The van der Waals surface area contributed by atoms with Gasteiger partial charge in [-0.15, -0.1) is 0 Å². The first-order chi connectivity index (χ1) is 11.6. The Hall–Kier alpha value is -2.53. The molecule has 1 saturated heterocycles. The molecular weight excluding hydrogens is 304 g/mol. The van der Waals surface area contributed by atoms with Crippen molar-refractivity contribution in [2.75, 3.05) is 13.1 Å². The molecule has 0 saturated carbocycles. The van der Waals surface area contributed by atoms with E-state index < -0.39 is 5.97 Å². The van der Waals surface area contributed by atoms with Crippen LogP contribution < -0.4 is 0 Å². The molecule has 1 fully saturated rings. The fourth-order valence-electron chi connectivity index (χ4n) is 3.22. The first-order valence-electron chi connectivity index (χ1n) is 8.14. The molecule has 3 rings (SSSR count). The topological polar surface area (TPSA) is 70.5 Å². The first kappa shape index (κ1) is 16.3. The Morgan fingerprint density at radius 1 is 1.17 bits per heavy atom. The van der Waals surface area contributed by atoms with E-state index in [4.69, 9.17) is 0 Å². The van der Waals surface area contributed by atoms with E-state index in [1.54, 1.807) is 18.3 Å². The molecule has 0 bridgehead atoms. The molecule has 1 aliphatic rings. The summed E-state index contributed by atoms with van der Waals surface area (Å²) in [5.41, 5.74) is 1.53. The normalized spacial score (nSPS) is 18.2. The minimum absolute atomic E-state index is 0.0434. The summed E-state index contributed by atoms with van der Waals surface area (Å²) in [5.74, 6) is -0.843. The van der Waals surface area contributed by atoms with Crippen molar-refractivity contribution in [3.05, 3.63) is 65.5 Å². The Bertz CT molecular complexity index is 730. The number of hydrogen-bond donors (Lipinski definition) is 1. The third kappa shape index (κ3) is 3.68. The predicted octanol–water partition coefficient (Wildman–Crippen LogP) is 2.87. The van der Waals surface area contributed by atoms with Crippen molar-refractivity contribution in [1.29, 1.82) is 0 Å². The van der Waals surface area contributed by atoms with Gasteiger partial charge in [-0.3, -0.25) is 14.7 Å². The number of Topliss-reactive ketones (excluding diaryl/α,β-unsaturated/α-hetero) is 1. The summed E-state index contributed by atoms with van der Waals surface area (Å²) in [6.07, 6.45) is 3.41. The third-order valence-electron chi connectivity index (χ3n) is 4.43. The standard InChI is InChI=1S/C19H20N2O3/c22-18(14-6-2-1-3-7-14)15-8-5-11-21(12-15)13-17-16(19(23)24)9-4-10-20-17/h1-4,6-7,9-10,15H,5,8,11-13H2,(H,23,24)/t15-/m0/s1. The highest BCUT2D eigenvalue weighted by atomic mass is 16.4. The molecule has 0 unspecified atom stereocenters. The maximum absolute atomic E-state index is 12.6. The van der Waals surface area contributed by atoms with Crippen LogP contribution in [0.1, 0.15) is 39.3 Å². The quantitative estimate of drug-likeness (QED) is 0.856. The molecule has 5 heteroatoms. The van der Waals surface area contributed by atoms with Crippen molar-refractivity contribution in [2.24, 2.45) is 5.92 Å². The van der Waals surface area contributed by atoms with Crippen LogP contribution in [0, 0.1) is 5.92 Å². The van der Waals surface area contributed by atoms with Crippen LogP contribution in [0.2, 0.25) is 0 Å². The van der Waals surface area contributed by atoms with Crippen molar-refractivity contribution in [3.63, 3.8) is 0 Å². The molecule has 0 radical (unpaired) electrons. The summed E-state index contributed by atoms with van der Waals surface area (Å²) in [6, 6.07) is 12.6. The average Bonchev–Trinajstić information content (AvgIpc) is 2.62. The number of hydrogen-bond acceptors (Lipinski definition) is 4. The summed E-state index contributed by atoms with van der Waals surface area (Å²) in [4.78, 5) is 30.3. The largest absolute Gasteiger partial charge is 0.478 e. The lowest BCUT2D eigenvalue weighted by molar-refractivity contribution is 0.0688. The molecule has 24 heavy (non-hydrogen) atoms. The van der Waals surface area contributed by atoms with E-state index in [-0.39, 0.29) is 17.3 Å². The summed E-state index contributed by atoms with van der Waals surface area (Å²) in [7, 11) is 0. The third-order valence-corrected chi connectivity index (χ3v) is 4.43. The molecule has 1 atom stereocenters. The number of piperidine rings is 1. The number of carboxylic acids is 1. The Kier molecular flexibility index (Phi) is 5.01. The average molecular weight is 324 g/mol. The minimum atomic E-state index is -0.966. The minimum Gasteiger partial charge on any atom is -0.478 e. The second kappa shape index (κ2) is 7.36. The van der Waals surface area contributed by atoms with E-state index in [9.17, 15) is 14.7 Å². The first-order valence-corrected chi connectivity index (χ1v) is 8.14. The molecule has 0 aliphatic carbocycles. The summed E-state index contributed by atoms with van der Waals surface area (Å²) < 4.78 is 0. The molecule has 5 nitrogen and oxygen atoms in total. The Labute approximate surface area is 140 Å². The second-order valence-corrected chi connectivity index (χ2v) is 6.11. The van der Waals surface area contributed by atoms with Crippen LogP contribution in [0.5, 0.6) is 0 Å². The number of carbonyl (C=O) groups is 2. The molecule has 2 heterocycles. The highest BCUT2D eigenvalue weighted by molar-refractivity contribution is 5.98. The van der Waals surface area contributed by atoms with Gasteiger partial charge in [0, 0.05) is 30.8 Å². The number of aromatic carboxylic acids is 1. The SMILES string of the molecule is O=C(O)c1cccnc1CN1CCC[C@H](C(=O)c2ccccc2)C1. The molecule has 0 spiro atoms. The van der Waals surface area contributed by atoms with E-state index in [1.165, 1.54) is 0 Å². The zero-order valence-electron chi connectivity index (χ0n) is 13.4. The van der Waals surface area contributed by atoms with Gasteiger partial charge in [0.15, 0.2) is 5.78 Å². The number of benzene rings is 1. The van der Waals surface area contributed by atoms with Crippen LogP contribution in [0.4, 0.5) is 0 Å². The molecule has 2 aromatic rings. The predicted molar refractivity (Wildman–Crippen MR) is 90.0 cm³/mol.